The summed E-state index contributed by atoms with van der Waals surface area (Å²) in [5.74, 6) is -1.70. The Morgan fingerprint density at radius 3 is 2.12 bits per heavy atom. The van der Waals surface area contributed by atoms with Crippen molar-refractivity contribution >= 4 is 27.7 Å². The summed E-state index contributed by atoms with van der Waals surface area (Å²) in [6.45, 7) is 2.80. The standard InChI is InChI=1S/C31H35NO8S/c1-3-4-5-6-9-20-39-24-18-14-23(15-19-24)31(36)40-25-16-12-22(13-17-25)21-27(30(34)35)32-29(33)26-10-7-8-11-28(26)41(2,37)38/h7-8,10-19,27H,3-6,9,20-21H2,1-2H3,(H,32,33)(H,34,35)/t27-/m0/s1. The van der Waals surface area contributed by atoms with Gasteiger partial charge in [0.15, 0.2) is 9.84 Å². The van der Waals surface area contributed by atoms with Crippen molar-refractivity contribution in [1.82, 2.24) is 5.32 Å². The van der Waals surface area contributed by atoms with E-state index in [0.29, 0.717) is 23.5 Å². The van der Waals surface area contributed by atoms with E-state index in [4.69, 9.17) is 9.47 Å². The van der Waals surface area contributed by atoms with Crippen LogP contribution in [0.4, 0.5) is 0 Å². The molecule has 10 heteroatoms. The second-order valence-electron chi connectivity index (χ2n) is 9.66. The fraction of sp³-hybridized carbons (Fsp3) is 0.323. The monoisotopic (exact) mass is 581 g/mol. The number of carboxylic acids is 1. The molecular weight excluding hydrogens is 546 g/mol. The molecular formula is C31H35NO8S. The van der Waals surface area contributed by atoms with Crippen LogP contribution >= 0.6 is 0 Å². The predicted octanol–water partition coefficient (Wildman–Crippen LogP) is 5.08. The van der Waals surface area contributed by atoms with Crippen LogP contribution in [0.3, 0.4) is 0 Å². The van der Waals surface area contributed by atoms with Crippen molar-refractivity contribution in [3.8, 4) is 11.5 Å². The van der Waals surface area contributed by atoms with Crippen molar-refractivity contribution in [3.63, 3.8) is 0 Å². The molecule has 0 fully saturated rings. The van der Waals surface area contributed by atoms with Crippen molar-refractivity contribution in [2.75, 3.05) is 12.9 Å². The fourth-order valence-corrected chi connectivity index (χ4v) is 4.98. The maximum absolute atomic E-state index is 12.7. The lowest BCUT2D eigenvalue weighted by Gasteiger charge is -2.16. The highest BCUT2D eigenvalue weighted by Crippen LogP contribution is 2.19. The van der Waals surface area contributed by atoms with Gasteiger partial charge in [0, 0.05) is 12.7 Å². The zero-order chi connectivity index (χ0) is 29.8. The third-order valence-corrected chi connectivity index (χ3v) is 7.47. The zero-order valence-corrected chi connectivity index (χ0v) is 24.0. The number of esters is 1. The second kappa shape index (κ2) is 15.0. The van der Waals surface area contributed by atoms with Crippen molar-refractivity contribution in [1.29, 1.82) is 0 Å². The van der Waals surface area contributed by atoms with Gasteiger partial charge in [-0.1, -0.05) is 56.9 Å². The van der Waals surface area contributed by atoms with Crippen molar-refractivity contribution in [2.45, 2.75) is 56.4 Å². The second-order valence-corrected chi connectivity index (χ2v) is 11.6. The summed E-state index contributed by atoms with van der Waals surface area (Å²) in [6, 6.07) is 17.2. The summed E-state index contributed by atoms with van der Waals surface area (Å²) in [5, 5.41) is 12.1. The molecule has 3 rings (SSSR count). The van der Waals surface area contributed by atoms with Gasteiger partial charge in [0.1, 0.15) is 17.5 Å². The van der Waals surface area contributed by atoms with Gasteiger partial charge in [0.25, 0.3) is 5.91 Å². The Hall–Kier alpha value is -4.18. The average Bonchev–Trinajstić information content (AvgIpc) is 2.95. The highest BCUT2D eigenvalue weighted by atomic mass is 32.2. The highest BCUT2D eigenvalue weighted by molar-refractivity contribution is 7.90. The first-order valence-corrected chi connectivity index (χ1v) is 15.3. The van der Waals surface area contributed by atoms with Gasteiger partial charge >= 0.3 is 11.9 Å². The Balaban J connectivity index is 1.55. The quantitative estimate of drug-likeness (QED) is 0.144. The van der Waals surface area contributed by atoms with Gasteiger partial charge in [-0.2, -0.15) is 0 Å². The van der Waals surface area contributed by atoms with E-state index in [1.54, 1.807) is 36.4 Å². The minimum Gasteiger partial charge on any atom is -0.494 e. The number of carbonyl (C=O) groups excluding carboxylic acids is 2. The molecule has 1 atom stereocenters. The van der Waals surface area contributed by atoms with Crippen LogP contribution in [-0.4, -0.2) is 50.3 Å². The van der Waals surface area contributed by atoms with E-state index in [2.05, 4.69) is 12.2 Å². The smallest absolute Gasteiger partial charge is 0.343 e. The number of rotatable bonds is 15. The normalized spacial score (nSPS) is 11.9. The van der Waals surface area contributed by atoms with Crippen LogP contribution < -0.4 is 14.8 Å². The number of unbranched alkanes of at least 4 members (excludes halogenated alkanes) is 4. The minimum absolute atomic E-state index is 0.0730. The summed E-state index contributed by atoms with van der Waals surface area (Å²) in [4.78, 5) is 37.0. The zero-order valence-electron chi connectivity index (χ0n) is 23.2. The van der Waals surface area contributed by atoms with E-state index in [1.807, 2.05) is 0 Å². The first-order valence-electron chi connectivity index (χ1n) is 13.4. The molecule has 0 saturated heterocycles. The third-order valence-electron chi connectivity index (χ3n) is 6.31. The lowest BCUT2D eigenvalue weighted by molar-refractivity contribution is -0.139. The number of nitrogens with one attached hydrogen (secondary N) is 1. The lowest BCUT2D eigenvalue weighted by Crippen LogP contribution is -2.42. The summed E-state index contributed by atoms with van der Waals surface area (Å²) in [5.41, 5.74) is 0.781. The molecule has 1 amide bonds. The van der Waals surface area contributed by atoms with Crippen molar-refractivity contribution in [2.24, 2.45) is 0 Å². The first-order chi connectivity index (χ1) is 19.6. The van der Waals surface area contributed by atoms with E-state index in [-0.39, 0.29) is 22.6 Å². The number of carbonyl (C=O) groups is 3. The molecule has 0 bridgehead atoms. The number of hydrogen-bond acceptors (Lipinski definition) is 7. The number of aliphatic carboxylic acids is 1. The summed E-state index contributed by atoms with van der Waals surface area (Å²) < 4.78 is 35.2. The largest absolute Gasteiger partial charge is 0.494 e. The molecule has 41 heavy (non-hydrogen) atoms. The SMILES string of the molecule is CCCCCCCOc1ccc(C(=O)Oc2ccc(C[C@H](NC(=O)c3ccccc3S(C)(=O)=O)C(=O)O)cc2)cc1. The van der Waals surface area contributed by atoms with E-state index in [0.717, 1.165) is 19.1 Å². The Kier molecular flexibility index (Phi) is 11.5. The van der Waals surface area contributed by atoms with Crippen LogP contribution in [0.15, 0.2) is 77.7 Å². The maximum atomic E-state index is 12.7. The molecule has 9 nitrogen and oxygen atoms in total. The van der Waals surface area contributed by atoms with Gasteiger partial charge in [-0.25, -0.2) is 18.0 Å². The van der Waals surface area contributed by atoms with E-state index >= 15 is 0 Å². The lowest BCUT2D eigenvalue weighted by atomic mass is 10.1. The number of ether oxygens (including phenoxy) is 2. The first kappa shape index (κ1) is 31.3. The number of carboxylic acid groups (broad SMARTS) is 1. The molecule has 3 aromatic carbocycles. The van der Waals surface area contributed by atoms with Crippen LogP contribution in [0, 0.1) is 0 Å². The van der Waals surface area contributed by atoms with E-state index in [9.17, 15) is 27.9 Å². The number of sulfone groups is 1. The number of hydrogen-bond donors (Lipinski definition) is 2. The van der Waals surface area contributed by atoms with Gasteiger partial charge in [-0.15, -0.1) is 0 Å². The van der Waals surface area contributed by atoms with E-state index in [1.165, 1.54) is 55.7 Å². The molecule has 0 radical (unpaired) electrons. The predicted molar refractivity (Wildman–Crippen MR) is 154 cm³/mol. The Morgan fingerprint density at radius 2 is 1.49 bits per heavy atom. The average molecular weight is 582 g/mol. The topological polar surface area (TPSA) is 136 Å². The van der Waals surface area contributed by atoms with Gasteiger partial charge in [-0.3, -0.25) is 4.79 Å². The van der Waals surface area contributed by atoms with Gasteiger partial charge in [-0.05, 0) is 60.5 Å². The van der Waals surface area contributed by atoms with Crippen LogP contribution in [0.2, 0.25) is 0 Å². The molecule has 3 aromatic rings. The molecule has 0 heterocycles. The number of amides is 1. The Morgan fingerprint density at radius 1 is 0.854 bits per heavy atom. The fourth-order valence-electron chi connectivity index (χ4n) is 4.09. The molecule has 0 unspecified atom stereocenters. The highest BCUT2D eigenvalue weighted by Gasteiger charge is 2.24. The maximum Gasteiger partial charge on any atom is 0.343 e. The molecule has 0 saturated carbocycles. The summed E-state index contributed by atoms with van der Waals surface area (Å²) in [6.07, 6.45) is 6.63. The van der Waals surface area contributed by atoms with Crippen LogP contribution in [0.1, 0.15) is 65.3 Å². The van der Waals surface area contributed by atoms with Crippen molar-refractivity contribution < 1.29 is 37.4 Å². The molecule has 218 valence electrons. The van der Waals surface area contributed by atoms with Gasteiger partial charge in [0.05, 0.1) is 22.6 Å². The van der Waals surface area contributed by atoms with Gasteiger partial charge in [0.2, 0.25) is 0 Å². The van der Waals surface area contributed by atoms with Gasteiger partial charge < -0.3 is 19.9 Å². The van der Waals surface area contributed by atoms with Crippen LogP contribution in [0.25, 0.3) is 0 Å². The molecule has 0 aliphatic carbocycles. The third kappa shape index (κ3) is 9.75. The number of benzene rings is 3. The molecule has 0 aliphatic rings. The van der Waals surface area contributed by atoms with Crippen LogP contribution in [0.5, 0.6) is 11.5 Å². The molecule has 0 spiro atoms. The summed E-state index contributed by atoms with van der Waals surface area (Å²) >= 11 is 0. The molecule has 2 N–H and O–H groups in total. The van der Waals surface area contributed by atoms with E-state index < -0.39 is 33.7 Å². The Labute approximate surface area is 240 Å². The van der Waals surface area contributed by atoms with Crippen molar-refractivity contribution in [3.05, 3.63) is 89.5 Å². The molecule has 0 aromatic heterocycles. The molecule has 0 aliphatic heterocycles. The Bertz CT molecular complexity index is 1430. The van der Waals surface area contributed by atoms with Crippen LogP contribution in [-0.2, 0) is 21.1 Å². The minimum atomic E-state index is -3.69. The summed E-state index contributed by atoms with van der Waals surface area (Å²) in [7, 11) is -3.69.